The lowest BCUT2D eigenvalue weighted by Gasteiger charge is -2.09. The lowest BCUT2D eigenvalue weighted by Crippen LogP contribution is -2.44. The SMILES string of the molecule is Cc1ccc(/C=C/C(=O)NNC(=O)[C@@H]2CCS(=O)(=O)C2)c(Br)c1. The zero-order valence-electron chi connectivity index (χ0n) is 12.5. The van der Waals surface area contributed by atoms with Crippen molar-refractivity contribution in [1.29, 1.82) is 0 Å². The van der Waals surface area contributed by atoms with Gasteiger partial charge >= 0.3 is 0 Å². The zero-order valence-corrected chi connectivity index (χ0v) is 14.9. The quantitative estimate of drug-likeness (QED) is 0.591. The molecule has 8 heteroatoms. The van der Waals surface area contributed by atoms with Crippen LogP contribution in [0.3, 0.4) is 0 Å². The molecule has 0 saturated carbocycles. The van der Waals surface area contributed by atoms with E-state index in [-0.39, 0.29) is 17.9 Å². The van der Waals surface area contributed by atoms with Gasteiger partial charge in [0.1, 0.15) is 0 Å². The highest BCUT2D eigenvalue weighted by Gasteiger charge is 2.32. The molecule has 1 aliphatic rings. The number of sulfone groups is 1. The molecule has 1 saturated heterocycles. The number of carbonyl (C=O) groups excluding carboxylic acids is 2. The van der Waals surface area contributed by atoms with Crippen molar-refractivity contribution in [1.82, 2.24) is 10.9 Å². The van der Waals surface area contributed by atoms with E-state index in [4.69, 9.17) is 0 Å². The molecule has 1 aromatic rings. The minimum Gasteiger partial charge on any atom is -0.273 e. The molecule has 2 N–H and O–H groups in total. The van der Waals surface area contributed by atoms with E-state index >= 15 is 0 Å². The summed E-state index contributed by atoms with van der Waals surface area (Å²) in [5, 5.41) is 0. The second kappa shape index (κ2) is 7.27. The zero-order chi connectivity index (χ0) is 17.0. The first-order valence-electron chi connectivity index (χ1n) is 7.01. The summed E-state index contributed by atoms with van der Waals surface area (Å²) in [6, 6.07) is 5.72. The van der Waals surface area contributed by atoms with Crippen LogP contribution in [0.2, 0.25) is 0 Å². The van der Waals surface area contributed by atoms with E-state index < -0.39 is 27.6 Å². The number of hydrogen-bond acceptors (Lipinski definition) is 4. The molecule has 2 amide bonds. The Morgan fingerprint density at radius 3 is 2.65 bits per heavy atom. The third-order valence-electron chi connectivity index (χ3n) is 3.48. The van der Waals surface area contributed by atoms with Crippen LogP contribution in [-0.4, -0.2) is 31.7 Å². The fourth-order valence-corrected chi connectivity index (χ4v) is 4.57. The number of amides is 2. The van der Waals surface area contributed by atoms with Crippen molar-refractivity contribution >= 4 is 43.7 Å². The molecule has 124 valence electrons. The predicted molar refractivity (Wildman–Crippen MR) is 91.0 cm³/mol. The second-order valence-electron chi connectivity index (χ2n) is 5.44. The lowest BCUT2D eigenvalue weighted by molar-refractivity contribution is -0.129. The number of rotatable bonds is 3. The molecule has 0 spiro atoms. The van der Waals surface area contributed by atoms with E-state index in [1.807, 2.05) is 25.1 Å². The van der Waals surface area contributed by atoms with Crippen molar-refractivity contribution in [2.45, 2.75) is 13.3 Å². The van der Waals surface area contributed by atoms with Crippen LogP contribution in [0.5, 0.6) is 0 Å². The molecule has 2 rings (SSSR count). The fourth-order valence-electron chi connectivity index (χ4n) is 2.20. The molecule has 23 heavy (non-hydrogen) atoms. The Morgan fingerprint density at radius 1 is 1.30 bits per heavy atom. The standard InChI is InChI=1S/C15H17BrN2O4S/c1-10-2-3-11(13(16)8-10)4-5-14(19)17-18-15(20)12-6-7-23(21,22)9-12/h2-5,8,12H,6-7,9H2,1H3,(H,17,19)(H,18,20)/b5-4+/t12-/m1/s1. The summed E-state index contributed by atoms with van der Waals surface area (Å²) in [5.41, 5.74) is 6.44. The van der Waals surface area contributed by atoms with Gasteiger partial charge in [-0.3, -0.25) is 20.4 Å². The minimum absolute atomic E-state index is 0.0143. The topological polar surface area (TPSA) is 92.3 Å². The number of benzene rings is 1. The predicted octanol–water partition coefficient (Wildman–Crippen LogP) is 1.35. The average Bonchev–Trinajstić information content (AvgIpc) is 2.84. The monoisotopic (exact) mass is 400 g/mol. The van der Waals surface area contributed by atoms with Crippen molar-refractivity contribution in [3.63, 3.8) is 0 Å². The second-order valence-corrected chi connectivity index (χ2v) is 8.52. The Labute approximate surface area is 143 Å². The summed E-state index contributed by atoms with van der Waals surface area (Å²) >= 11 is 3.41. The molecule has 1 heterocycles. The highest BCUT2D eigenvalue weighted by atomic mass is 79.9. The third kappa shape index (κ3) is 5.18. The molecule has 0 aromatic heterocycles. The molecular weight excluding hydrogens is 384 g/mol. The van der Waals surface area contributed by atoms with Gasteiger partial charge in [-0.1, -0.05) is 28.1 Å². The minimum atomic E-state index is -3.13. The highest BCUT2D eigenvalue weighted by Crippen LogP contribution is 2.19. The van der Waals surface area contributed by atoms with Crippen LogP contribution in [-0.2, 0) is 19.4 Å². The Balaban J connectivity index is 1.85. The lowest BCUT2D eigenvalue weighted by atomic mass is 10.1. The Bertz CT molecular complexity index is 759. The summed E-state index contributed by atoms with van der Waals surface area (Å²) in [6.45, 7) is 1.96. The van der Waals surface area contributed by atoms with E-state index in [1.165, 1.54) is 6.08 Å². The summed E-state index contributed by atoms with van der Waals surface area (Å²) in [6.07, 6.45) is 3.20. The molecule has 1 atom stereocenters. The average molecular weight is 401 g/mol. The van der Waals surface area contributed by atoms with Gasteiger partial charge in [0.15, 0.2) is 9.84 Å². The fraction of sp³-hybridized carbons (Fsp3) is 0.333. The van der Waals surface area contributed by atoms with Crippen LogP contribution in [0.4, 0.5) is 0 Å². The number of nitrogens with one attached hydrogen (secondary N) is 2. The van der Waals surface area contributed by atoms with E-state index in [2.05, 4.69) is 26.8 Å². The van der Waals surface area contributed by atoms with Crippen LogP contribution in [0.1, 0.15) is 17.5 Å². The summed E-state index contributed by atoms with van der Waals surface area (Å²) < 4.78 is 23.5. The van der Waals surface area contributed by atoms with Gasteiger partial charge in [0.2, 0.25) is 5.91 Å². The summed E-state index contributed by atoms with van der Waals surface area (Å²) in [5.74, 6) is -1.73. The van der Waals surface area contributed by atoms with Gasteiger partial charge in [0.25, 0.3) is 5.91 Å². The van der Waals surface area contributed by atoms with Crippen molar-refractivity contribution < 1.29 is 18.0 Å². The van der Waals surface area contributed by atoms with Crippen LogP contribution in [0.15, 0.2) is 28.7 Å². The normalized spacial score (nSPS) is 19.7. The molecule has 1 fully saturated rings. The van der Waals surface area contributed by atoms with Gasteiger partial charge in [-0.05, 0) is 36.6 Å². The van der Waals surface area contributed by atoms with Crippen molar-refractivity contribution in [3.8, 4) is 0 Å². The number of hydrogen-bond donors (Lipinski definition) is 2. The number of halogens is 1. The van der Waals surface area contributed by atoms with Crippen LogP contribution >= 0.6 is 15.9 Å². The van der Waals surface area contributed by atoms with Gasteiger partial charge in [-0.25, -0.2) is 8.42 Å². The van der Waals surface area contributed by atoms with Crippen LogP contribution < -0.4 is 10.9 Å². The maximum atomic E-state index is 11.8. The maximum absolute atomic E-state index is 11.8. The van der Waals surface area contributed by atoms with Gasteiger partial charge in [-0.2, -0.15) is 0 Å². The van der Waals surface area contributed by atoms with Gasteiger partial charge in [0, 0.05) is 10.5 Å². The number of aryl methyl sites for hydroxylation is 1. The van der Waals surface area contributed by atoms with E-state index in [0.717, 1.165) is 15.6 Å². The van der Waals surface area contributed by atoms with E-state index in [9.17, 15) is 18.0 Å². The summed E-state index contributed by atoms with van der Waals surface area (Å²) in [4.78, 5) is 23.5. The Kier molecular flexibility index (Phi) is 5.59. The molecule has 1 aromatic carbocycles. The molecule has 0 bridgehead atoms. The summed E-state index contributed by atoms with van der Waals surface area (Å²) in [7, 11) is -3.13. The van der Waals surface area contributed by atoms with Gasteiger partial charge < -0.3 is 0 Å². The van der Waals surface area contributed by atoms with E-state index in [0.29, 0.717) is 0 Å². The van der Waals surface area contributed by atoms with Gasteiger partial charge in [-0.15, -0.1) is 0 Å². The first-order chi connectivity index (χ1) is 10.8. The van der Waals surface area contributed by atoms with Crippen LogP contribution in [0, 0.1) is 12.8 Å². The Morgan fingerprint density at radius 2 is 2.04 bits per heavy atom. The van der Waals surface area contributed by atoms with Gasteiger partial charge in [0.05, 0.1) is 17.4 Å². The molecule has 1 aliphatic heterocycles. The first kappa shape index (κ1) is 17.7. The molecule has 0 unspecified atom stereocenters. The molecule has 0 aliphatic carbocycles. The third-order valence-corrected chi connectivity index (χ3v) is 5.94. The molecule has 6 nitrogen and oxygen atoms in total. The van der Waals surface area contributed by atoms with Crippen molar-refractivity contribution in [2.75, 3.05) is 11.5 Å². The maximum Gasteiger partial charge on any atom is 0.262 e. The number of hydrazine groups is 1. The number of carbonyl (C=O) groups is 2. The Hall–Kier alpha value is -1.67. The van der Waals surface area contributed by atoms with Crippen molar-refractivity contribution in [3.05, 3.63) is 39.9 Å². The van der Waals surface area contributed by atoms with Crippen LogP contribution in [0.25, 0.3) is 6.08 Å². The molecule has 0 radical (unpaired) electrons. The molecular formula is C15H17BrN2O4S. The highest BCUT2D eigenvalue weighted by molar-refractivity contribution is 9.10. The smallest absolute Gasteiger partial charge is 0.262 e. The largest absolute Gasteiger partial charge is 0.273 e. The van der Waals surface area contributed by atoms with E-state index in [1.54, 1.807) is 6.08 Å². The van der Waals surface area contributed by atoms with Crippen molar-refractivity contribution in [2.24, 2.45) is 5.92 Å². The first-order valence-corrected chi connectivity index (χ1v) is 9.63.